The summed E-state index contributed by atoms with van der Waals surface area (Å²) in [5.74, 6) is -2.12. The van der Waals surface area contributed by atoms with Gasteiger partial charge in [0.2, 0.25) is 11.8 Å². The standard InChI is InChI=1S/C19H31N3O6/c1-12(17(25)26)20-15(23)13-7-10-21(11-8-13)16(24)14-6-5-9-22(14)18(27)28-19(2,3)4/h12-14H,5-11H2,1-4H3,(H,20,23)(H,25,26)/p-1/t12-,14-/m0/s1. The van der Waals surface area contributed by atoms with Gasteiger partial charge in [0.15, 0.2) is 0 Å². The van der Waals surface area contributed by atoms with Crippen LogP contribution in [0.2, 0.25) is 0 Å². The summed E-state index contributed by atoms with van der Waals surface area (Å²) in [6.45, 7) is 8.01. The summed E-state index contributed by atoms with van der Waals surface area (Å²) in [6.07, 6.45) is 1.78. The van der Waals surface area contributed by atoms with Crippen molar-refractivity contribution in [2.75, 3.05) is 19.6 Å². The van der Waals surface area contributed by atoms with Crippen LogP contribution in [0.4, 0.5) is 4.79 Å². The molecule has 1 N–H and O–H groups in total. The van der Waals surface area contributed by atoms with Gasteiger partial charge in [0, 0.05) is 25.6 Å². The van der Waals surface area contributed by atoms with E-state index in [4.69, 9.17) is 4.74 Å². The fourth-order valence-electron chi connectivity index (χ4n) is 3.53. The van der Waals surface area contributed by atoms with Crippen molar-refractivity contribution in [3.8, 4) is 0 Å². The highest BCUT2D eigenvalue weighted by Crippen LogP contribution is 2.25. The molecular formula is C19H30N3O6-. The molecule has 2 aliphatic rings. The van der Waals surface area contributed by atoms with Crippen LogP contribution in [0.1, 0.15) is 53.4 Å². The number of aliphatic carboxylic acids is 1. The molecule has 2 heterocycles. The Kier molecular flexibility index (Phi) is 6.90. The lowest BCUT2D eigenvalue weighted by molar-refractivity contribution is -0.307. The Bertz CT molecular complexity index is 622. The van der Waals surface area contributed by atoms with Crippen LogP contribution in [0.3, 0.4) is 0 Å². The third kappa shape index (κ3) is 5.59. The van der Waals surface area contributed by atoms with Crippen molar-refractivity contribution in [3.63, 3.8) is 0 Å². The zero-order valence-corrected chi connectivity index (χ0v) is 17.0. The summed E-state index contributed by atoms with van der Waals surface area (Å²) in [4.78, 5) is 51.4. The summed E-state index contributed by atoms with van der Waals surface area (Å²) < 4.78 is 5.40. The van der Waals surface area contributed by atoms with Gasteiger partial charge >= 0.3 is 6.09 Å². The van der Waals surface area contributed by atoms with Crippen LogP contribution in [-0.2, 0) is 19.1 Å². The van der Waals surface area contributed by atoms with Crippen molar-refractivity contribution in [2.45, 2.75) is 71.1 Å². The molecule has 3 amide bonds. The number of nitrogens with one attached hydrogen (secondary N) is 1. The fourth-order valence-corrected chi connectivity index (χ4v) is 3.53. The quantitative estimate of drug-likeness (QED) is 0.708. The number of nitrogens with zero attached hydrogens (tertiary/aromatic N) is 2. The van der Waals surface area contributed by atoms with Crippen LogP contribution in [0, 0.1) is 5.92 Å². The van der Waals surface area contributed by atoms with E-state index < -0.39 is 29.7 Å². The molecule has 9 heteroatoms. The van der Waals surface area contributed by atoms with E-state index in [1.807, 2.05) is 0 Å². The van der Waals surface area contributed by atoms with Crippen LogP contribution in [0.15, 0.2) is 0 Å². The molecule has 2 atom stereocenters. The predicted octanol–water partition coefficient (Wildman–Crippen LogP) is -0.121. The van der Waals surface area contributed by atoms with E-state index in [-0.39, 0.29) is 17.7 Å². The average Bonchev–Trinajstić information content (AvgIpc) is 3.09. The molecule has 0 saturated carbocycles. The lowest BCUT2D eigenvalue weighted by atomic mass is 9.95. The number of carboxylic acids is 1. The third-order valence-electron chi connectivity index (χ3n) is 5.06. The molecule has 2 fully saturated rings. The number of piperidine rings is 1. The first-order valence-electron chi connectivity index (χ1n) is 9.79. The first kappa shape index (κ1) is 22.0. The minimum Gasteiger partial charge on any atom is -0.548 e. The Balaban J connectivity index is 1.89. The first-order valence-corrected chi connectivity index (χ1v) is 9.79. The first-order chi connectivity index (χ1) is 13.0. The molecule has 2 saturated heterocycles. The van der Waals surface area contributed by atoms with Crippen molar-refractivity contribution in [2.24, 2.45) is 5.92 Å². The minimum absolute atomic E-state index is 0.120. The molecular weight excluding hydrogens is 366 g/mol. The molecule has 2 aliphatic heterocycles. The van der Waals surface area contributed by atoms with E-state index in [0.29, 0.717) is 38.9 Å². The SMILES string of the molecule is C[C@H](NC(=O)C1CCN(C(=O)[C@@H]2CCCN2C(=O)OC(C)(C)C)CC1)C(=O)[O-]. The molecule has 2 rings (SSSR count). The Morgan fingerprint density at radius 1 is 1.07 bits per heavy atom. The van der Waals surface area contributed by atoms with Crippen molar-refractivity contribution in [1.29, 1.82) is 0 Å². The highest BCUT2D eigenvalue weighted by atomic mass is 16.6. The number of likely N-dealkylation sites (tertiary alicyclic amines) is 2. The summed E-state index contributed by atoms with van der Waals surface area (Å²) in [7, 11) is 0. The maximum Gasteiger partial charge on any atom is 0.410 e. The normalized spacial score (nSPS) is 21.9. The summed E-state index contributed by atoms with van der Waals surface area (Å²) in [5.41, 5.74) is -0.623. The van der Waals surface area contributed by atoms with Gasteiger partial charge < -0.3 is 24.9 Å². The van der Waals surface area contributed by atoms with Crippen LogP contribution in [-0.4, -0.2) is 71.0 Å². The fraction of sp³-hybridized carbons (Fsp3) is 0.789. The number of ether oxygens (including phenoxy) is 1. The number of carboxylic acid groups (broad SMARTS) is 1. The Labute approximate surface area is 165 Å². The van der Waals surface area contributed by atoms with Gasteiger partial charge in [-0.2, -0.15) is 0 Å². The number of rotatable bonds is 4. The highest BCUT2D eigenvalue weighted by molar-refractivity contribution is 5.87. The molecule has 0 spiro atoms. The van der Waals surface area contributed by atoms with Gasteiger partial charge in [0.1, 0.15) is 11.6 Å². The molecule has 9 nitrogen and oxygen atoms in total. The largest absolute Gasteiger partial charge is 0.548 e. The van der Waals surface area contributed by atoms with E-state index in [1.165, 1.54) is 11.8 Å². The smallest absolute Gasteiger partial charge is 0.410 e. The lowest BCUT2D eigenvalue weighted by Gasteiger charge is -2.35. The van der Waals surface area contributed by atoms with Crippen molar-refractivity contribution in [3.05, 3.63) is 0 Å². The van der Waals surface area contributed by atoms with Gasteiger partial charge in [-0.25, -0.2) is 4.79 Å². The second-order valence-electron chi connectivity index (χ2n) is 8.48. The molecule has 0 aliphatic carbocycles. The van der Waals surface area contributed by atoms with Crippen molar-refractivity contribution in [1.82, 2.24) is 15.1 Å². The average molecular weight is 396 g/mol. The molecule has 0 unspecified atom stereocenters. The monoisotopic (exact) mass is 396 g/mol. The lowest BCUT2D eigenvalue weighted by Crippen LogP contribution is -2.53. The zero-order valence-electron chi connectivity index (χ0n) is 17.0. The van der Waals surface area contributed by atoms with Crippen LogP contribution in [0.25, 0.3) is 0 Å². The number of hydrogen-bond acceptors (Lipinski definition) is 6. The zero-order chi connectivity index (χ0) is 21.1. The predicted molar refractivity (Wildman–Crippen MR) is 97.9 cm³/mol. The van der Waals surface area contributed by atoms with Crippen LogP contribution >= 0.6 is 0 Å². The Hall–Kier alpha value is -2.32. The molecule has 0 aromatic heterocycles. The maximum absolute atomic E-state index is 12.9. The van der Waals surface area contributed by atoms with Crippen LogP contribution < -0.4 is 10.4 Å². The molecule has 0 radical (unpaired) electrons. The third-order valence-corrected chi connectivity index (χ3v) is 5.06. The van der Waals surface area contributed by atoms with E-state index in [2.05, 4.69) is 5.32 Å². The maximum atomic E-state index is 12.9. The molecule has 28 heavy (non-hydrogen) atoms. The number of hydrogen-bond donors (Lipinski definition) is 1. The summed E-state index contributed by atoms with van der Waals surface area (Å²) in [6, 6.07) is -1.58. The van der Waals surface area contributed by atoms with Gasteiger partial charge in [-0.05, 0) is 53.4 Å². The molecule has 0 aromatic rings. The van der Waals surface area contributed by atoms with Gasteiger partial charge in [0.25, 0.3) is 0 Å². The van der Waals surface area contributed by atoms with Crippen molar-refractivity contribution >= 4 is 23.9 Å². The molecule has 0 bridgehead atoms. The van der Waals surface area contributed by atoms with Gasteiger partial charge in [-0.1, -0.05) is 0 Å². The van der Waals surface area contributed by atoms with Gasteiger partial charge in [0.05, 0.1) is 12.0 Å². The van der Waals surface area contributed by atoms with Crippen LogP contribution in [0.5, 0.6) is 0 Å². The summed E-state index contributed by atoms with van der Waals surface area (Å²) >= 11 is 0. The van der Waals surface area contributed by atoms with Gasteiger partial charge in [-0.3, -0.25) is 14.5 Å². The topological polar surface area (TPSA) is 119 Å². The Morgan fingerprint density at radius 2 is 1.68 bits per heavy atom. The van der Waals surface area contributed by atoms with Gasteiger partial charge in [-0.15, -0.1) is 0 Å². The van der Waals surface area contributed by atoms with Crippen molar-refractivity contribution < 1.29 is 29.0 Å². The van der Waals surface area contributed by atoms with E-state index in [0.717, 1.165) is 6.42 Å². The number of amides is 3. The number of carbonyl (C=O) groups is 4. The summed E-state index contributed by atoms with van der Waals surface area (Å²) in [5, 5.41) is 13.2. The highest BCUT2D eigenvalue weighted by Gasteiger charge is 2.39. The molecule has 0 aromatic carbocycles. The van der Waals surface area contributed by atoms with E-state index in [9.17, 15) is 24.3 Å². The second-order valence-corrected chi connectivity index (χ2v) is 8.48. The van der Waals surface area contributed by atoms with E-state index >= 15 is 0 Å². The second kappa shape index (κ2) is 8.79. The number of carbonyl (C=O) groups excluding carboxylic acids is 4. The Morgan fingerprint density at radius 3 is 2.21 bits per heavy atom. The van der Waals surface area contributed by atoms with E-state index in [1.54, 1.807) is 25.7 Å². The molecule has 158 valence electrons. The minimum atomic E-state index is -1.33.